The molecular formula is C20H27N3O4S. The number of aliphatic hydroxyl groups excluding tert-OH is 1. The molecule has 152 valence electrons. The molecule has 2 aromatic rings. The van der Waals surface area contributed by atoms with Crippen LogP contribution >= 0.6 is 0 Å². The molecule has 2 atom stereocenters. The van der Waals surface area contributed by atoms with Crippen molar-refractivity contribution in [3.8, 4) is 5.75 Å². The first-order valence-corrected chi connectivity index (χ1v) is 10.9. The number of hydrogen-bond acceptors (Lipinski definition) is 6. The SMILES string of the molecule is CN(C)S(=O)(=O)C[C@@H]1CN(Cc2ccc(OCc3ccccn3)cc2)C[C@@H]1O. The maximum Gasteiger partial charge on any atom is 0.214 e. The van der Waals surface area contributed by atoms with Crippen molar-refractivity contribution < 1.29 is 18.3 Å². The lowest BCUT2D eigenvalue weighted by atomic mass is 10.1. The zero-order valence-electron chi connectivity index (χ0n) is 16.2. The van der Waals surface area contributed by atoms with Gasteiger partial charge in [-0.2, -0.15) is 0 Å². The molecule has 1 aliphatic heterocycles. The molecule has 3 rings (SSSR count). The van der Waals surface area contributed by atoms with E-state index in [4.69, 9.17) is 4.74 Å². The van der Waals surface area contributed by atoms with Gasteiger partial charge in [-0.15, -0.1) is 0 Å². The maximum atomic E-state index is 12.1. The van der Waals surface area contributed by atoms with Gasteiger partial charge in [0.25, 0.3) is 0 Å². The highest BCUT2D eigenvalue weighted by Gasteiger charge is 2.35. The van der Waals surface area contributed by atoms with Gasteiger partial charge >= 0.3 is 0 Å². The third kappa shape index (κ3) is 5.51. The number of β-amino-alcohol motifs (C(OH)–C–C–N with tert-alkyl or cyclic N) is 1. The molecule has 0 bridgehead atoms. The van der Waals surface area contributed by atoms with Crippen molar-refractivity contribution >= 4 is 10.0 Å². The number of aromatic nitrogens is 1. The number of likely N-dealkylation sites (tertiary alicyclic amines) is 1. The van der Waals surface area contributed by atoms with Gasteiger partial charge in [-0.25, -0.2) is 12.7 Å². The lowest BCUT2D eigenvalue weighted by Crippen LogP contribution is -2.33. The monoisotopic (exact) mass is 405 g/mol. The van der Waals surface area contributed by atoms with Crippen LogP contribution in [-0.4, -0.2) is 66.8 Å². The van der Waals surface area contributed by atoms with Crippen LogP contribution in [0.5, 0.6) is 5.75 Å². The highest BCUT2D eigenvalue weighted by atomic mass is 32.2. The standard InChI is InChI=1S/C20H27N3O4S/c1-22(2)28(25,26)15-17-12-23(13-20(17)24)11-16-6-8-19(9-7-16)27-14-18-5-3-4-10-21-18/h3-10,17,20,24H,11-15H2,1-2H3/t17-,20-/m0/s1. The highest BCUT2D eigenvalue weighted by Crippen LogP contribution is 2.22. The normalized spacial score (nSPS) is 20.6. The van der Waals surface area contributed by atoms with Crippen LogP contribution in [0.15, 0.2) is 48.7 Å². The summed E-state index contributed by atoms with van der Waals surface area (Å²) in [6.45, 7) is 2.12. The molecule has 1 aromatic heterocycles. The number of nitrogens with zero attached hydrogens (tertiary/aromatic N) is 3. The van der Waals surface area contributed by atoms with E-state index in [0.717, 1.165) is 17.0 Å². The van der Waals surface area contributed by atoms with E-state index in [0.29, 0.717) is 26.2 Å². The van der Waals surface area contributed by atoms with Gasteiger partial charge < -0.3 is 9.84 Å². The molecule has 28 heavy (non-hydrogen) atoms. The van der Waals surface area contributed by atoms with E-state index in [-0.39, 0.29) is 11.7 Å². The third-order valence-electron chi connectivity index (χ3n) is 4.91. The average molecular weight is 406 g/mol. The van der Waals surface area contributed by atoms with Crippen molar-refractivity contribution in [3.05, 3.63) is 59.9 Å². The fraction of sp³-hybridized carbons (Fsp3) is 0.450. The van der Waals surface area contributed by atoms with Crippen LogP contribution in [0.3, 0.4) is 0 Å². The van der Waals surface area contributed by atoms with Crippen molar-refractivity contribution in [2.24, 2.45) is 5.92 Å². The summed E-state index contributed by atoms with van der Waals surface area (Å²) in [7, 11) is -0.281. The first-order valence-electron chi connectivity index (χ1n) is 9.26. The lowest BCUT2D eigenvalue weighted by Gasteiger charge is -2.18. The van der Waals surface area contributed by atoms with Gasteiger partial charge in [0.05, 0.1) is 17.6 Å². The number of rotatable bonds is 8. The Kier molecular flexibility index (Phi) is 6.66. The quantitative estimate of drug-likeness (QED) is 0.714. The van der Waals surface area contributed by atoms with E-state index in [9.17, 15) is 13.5 Å². The molecule has 1 aliphatic rings. The van der Waals surface area contributed by atoms with Crippen molar-refractivity contribution in [3.63, 3.8) is 0 Å². The number of sulfonamides is 1. The maximum absolute atomic E-state index is 12.1. The second kappa shape index (κ2) is 9.00. The Balaban J connectivity index is 1.51. The van der Waals surface area contributed by atoms with E-state index in [2.05, 4.69) is 9.88 Å². The van der Waals surface area contributed by atoms with Gasteiger partial charge in [-0.3, -0.25) is 9.88 Å². The molecule has 8 heteroatoms. The number of ether oxygens (including phenoxy) is 1. The fourth-order valence-electron chi connectivity index (χ4n) is 3.24. The van der Waals surface area contributed by atoms with Crippen molar-refractivity contribution in [2.45, 2.75) is 19.3 Å². The number of benzene rings is 1. The molecular weight excluding hydrogens is 378 g/mol. The van der Waals surface area contributed by atoms with Crippen LogP contribution in [0.1, 0.15) is 11.3 Å². The summed E-state index contributed by atoms with van der Waals surface area (Å²) in [5.41, 5.74) is 1.96. The summed E-state index contributed by atoms with van der Waals surface area (Å²) in [5.74, 6) is 0.469. The van der Waals surface area contributed by atoms with Crippen molar-refractivity contribution in [2.75, 3.05) is 32.9 Å². The topological polar surface area (TPSA) is 83.0 Å². The second-order valence-corrected chi connectivity index (χ2v) is 9.56. The molecule has 0 amide bonds. The number of hydrogen-bond donors (Lipinski definition) is 1. The Morgan fingerprint density at radius 2 is 1.93 bits per heavy atom. The van der Waals surface area contributed by atoms with Crippen molar-refractivity contribution in [1.29, 1.82) is 0 Å². The molecule has 2 heterocycles. The first kappa shape index (κ1) is 20.7. The van der Waals surface area contributed by atoms with Crippen LogP contribution < -0.4 is 4.74 Å². The Morgan fingerprint density at radius 3 is 2.57 bits per heavy atom. The predicted molar refractivity (Wildman–Crippen MR) is 107 cm³/mol. The van der Waals surface area contributed by atoms with Gasteiger partial charge in [0.1, 0.15) is 12.4 Å². The third-order valence-corrected chi connectivity index (χ3v) is 6.87. The smallest absolute Gasteiger partial charge is 0.214 e. The van der Waals surface area contributed by atoms with Gasteiger partial charge in [0.2, 0.25) is 10.0 Å². The van der Waals surface area contributed by atoms with Gasteiger partial charge in [0, 0.05) is 45.8 Å². The summed E-state index contributed by atoms with van der Waals surface area (Å²) in [5, 5.41) is 10.3. The average Bonchev–Trinajstić information content (AvgIpc) is 3.00. The highest BCUT2D eigenvalue weighted by molar-refractivity contribution is 7.89. The summed E-state index contributed by atoms with van der Waals surface area (Å²) >= 11 is 0. The Morgan fingerprint density at radius 1 is 1.18 bits per heavy atom. The molecule has 1 saturated heterocycles. The summed E-state index contributed by atoms with van der Waals surface area (Å²) in [4.78, 5) is 6.32. The second-order valence-electron chi connectivity index (χ2n) is 7.34. The minimum atomic E-state index is -3.32. The van der Waals surface area contributed by atoms with Gasteiger partial charge in [-0.1, -0.05) is 18.2 Å². The molecule has 0 aliphatic carbocycles. The largest absolute Gasteiger partial charge is 0.487 e. The molecule has 0 radical (unpaired) electrons. The molecule has 0 spiro atoms. The van der Waals surface area contributed by atoms with E-state index in [1.54, 1.807) is 6.20 Å². The Bertz CT molecular complexity index is 857. The Hall–Kier alpha value is -2.00. The van der Waals surface area contributed by atoms with Crippen LogP contribution in [0.2, 0.25) is 0 Å². The summed E-state index contributed by atoms with van der Waals surface area (Å²) in [6.07, 6.45) is 1.11. The lowest BCUT2D eigenvalue weighted by molar-refractivity contribution is 0.148. The summed E-state index contributed by atoms with van der Waals surface area (Å²) in [6, 6.07) is 13.5. The van der Waals surface area contributed by atoms with Crippen LogP contribution in [0.4, 0.5) is 0 Å². The van der Waals surface area contributed by atoms with E-state index >= 15 is 0 Å². The summed E-state index contributed by atoms with van der Waals surface area (Å²) < 4.78 is 31.1. The van der Waals surface area contributed by atoms with E-state index in [1.807, 2.05) is 42.5 Å². The van der Waals surface area contributed by atoms with Crippen LogP contribution in [-0.2, 0) is 23.2 Å². The van der Waals surface area contributed by atoms with Gasteiger partial charge in [0.15, 0.2) is 0 Å². The van der Waals surface area contributed by atoms with E-state index < -0.39 is 16.1 Å². The molecule has 0 saturated carbocycles. The first-order chi connectivity index (χ1) is 13.3. The zero-order chi connectivity index (χ0) is 20.1. The van der Waals surface area contributed by atoms with Crippen LogP contribution in [0, 0.1) is 5.92 Å². The van der Waals surface area contributed by atoms with E-state index in [1.165, 1.54) is 18.4 Å². The number of aliphatic hydroxyl groups is 1. The predicted octanol–water partition coefficient (Wildman–Crippen LogP) is 1.34. The van der Waals surface area contributed by atoms with Crippen molar-refractivity contribution in [1.82, 2.24) is 14.2 Å². The molecule has 1 N–H and O–H groups in total. The van der Waals surface area contributed by atoms with Gasteiger partial charge in [-0.05, 0) is 29.8 Å². The molecule has 1 fully saturated rings. The molecule has 0 unspecified atom stereocenters. The van der Waals surface area contributed by atoms with Crippen LogP contribution in [0.25, 0.3) is 0 Å². The minimum absolute atomic E-state index is 0.0298. The molecule has 7 nitrogen and oxygen atoms in total. The number of pyridine rings is 1. The zero-order valence-corrected chi connectivity index (χ0v) is 17.0. The molecule has 1 aromatic carbocycles. The fourth-order valence-corrected chi connectivity index (χ4v) is 4.41. The minimum Gasteiger partial charge on any atom is -0.487 e. The Labute approximate surface area is 166 Å².